The molecule has 0 aliphatic carbocycles. The molecule has 0 saturated heterocycles. The summed E-state index contributed by atoms with van der Waals surface area (Å²) in [7, 11) is 1.64. The van der Waals surface area contributed by atoms with Crippen molar-refractivity contribution in [3.63, 3.8) is 0 Å². The number of rotatable bonds is 10. The average Bonchev–Trinajstić information content (AvgIpc) is 2.78. The van der Waals surface area contributed by atoms with Gasteiger partial charge in [0.15, 0.2) is 0 Å². The lowest BCUT2D eigenvalue weighted by Gasteiger charge is -2.14. The van der Waals surface area contributed by atoms with E-state index in [0.29, 0.717) is 31.9 Å². The number of amides is 1. The Bertz CT molecular complexity index is 982. The number of carbonyl (C=O) groups excluding carboxylic acids is 1. The summed E-state index contributed by atoms with van der Waals surface area (Å²) in [6.45, 7) is 5.76. The Morgan fingerprint density at radius 1 is 0.968 bits per heavy atom. The number of aromatic nitrogens is 1. The van der Waals surface area contributed by atoms with Gasteiger partial charge >= 0.3 is 0 Å². The van der Waals surface area contributed by atoms with E-state index < -0.39 is 0 Å². The van der Waals surface area contributed by atoms with E-state index in [0.717, 1.165) is 33.8 Å². The van der Waals surface area contributed by atoms with Crippen molar-refractivity contribution in [1.82, 2.24) is 10.3 Å². The molecule has 0 bridgehead atoms. The van der Waals surface area contributed by atoms with E-state index in [1.165, 1.54) is 0 Å². The van der Waals surface area contributed by atoms with E-state index in [1.807, 2.05) is 62.4 Å². The van der Waals surface area contributed by atoms with Crippen LogP contribution in [-0.4, -0.2) is 31.2 Å². The molecule has 6 nitrogen and oxygen atoms in total. The molecule has 0 spiro atoms. The summed E-state index contributed by atoms with van der Waals surface area (Å²) in [5.74, 6) is 1.42. The number of hydrogen-bond donors (Lipinski definition) is 1. The Morgan fingerprint density at radius 3 is 2.45 bits per heavy atom. The second-order valence-electron chi connectivity index (χ2n) is 7.26. The number of methoxy groups -OCH3 is 1. The number of aryl methyl sites for hydroxylation is 2. The van der Waals surface area contributed by atoms with Crippen LogP contribution in [0.3, 0.4) is 0 Å². The van der Waals surface area contributed by atoms with E-state index in [4.69, 9.17) is 14.2 Å². The summed E-state index contributed by atoms with van der Waals surface area (Å²) in [4.78, 5) is 16.8. The van der Waals surface area contributed by atoms with E-state index in [9.17, 15) is 4.79 Å². The number of ether oxygens (including phenoxy) is 3. The second kappa shape index (κ2) is 11.1. The first-order chi connectivity index (χ1) is 15.1. The third-order valence-corrected chi connectivity index (χ3v) is 4.74. The van der Waals surface area contributed by atoms with Crippen molar-refractivity contribution in [2.45, 2.75) is 27.0 Å². The Labute approximate surface area is 183 Å². The third kappa shape index (κ3) is 6.55. The van der Waals surface area contributed by atoms with Gasteiger partial charge in [-0.1, -0.05) is 18.2 Å². The fraction of sp³-hybridized carbons (Fsp3) is 0.280. The average molecular weight is 421 g/mol. The SMILES string of the molecule is COCCOc1cccc(CNC(=O)c2cc(C)c(OCc3cccnc3)c(C)c2)c1. The normalized spacial score (nSPS) is 10.5. The number of nitrogens with one attached hydrogen (secondary N) is 1. The van der Waals surface area contributed by atoms with Gasteiger partial charge in [-0.3, -0.25) is 9.78 Å². The smallest absolute Gasteiger partial charge is 0.251 e. The number of pyridine rings is 1. The van der Waals surface area contributed by atoms with E-state index in [1.54, 1.807) is 19.5 Å². The van der Waals surface area contributed by atoms with Gasteiger partial charge in [0.25, 0.3) is 5.91 Å². The van der Waals surface area contributed by atoms with Gasteiger partial charge in [-0.2, -0.15) is 0 Å². The van der Waals surface area contributed by atoms with Gasteiger partial charge in [-0.05, 0) is 60.9 Å². The van der Waals surface area contributed by atoms with Crippen molar-refractivity contribution in [2.75, 3.05) is 20.3 Å². The molecule has 1 heterocycles. The van der Waals surface area contributed by atoms with Crippen molar-refractivity contribution in [2.24, 2.45) is 0 Å². The van der Waals surface area contributed by atoms with Crippen LogP contribution in [0.25, 0.3) is 0 Å². The molecule has 0 saturated carbocycles. The molecule has 0 aliphatic rings. The topological polar surface area (TPSA) is 69.7 Å². The van der Waals surface area contributed by atoms with Gasteiger partial charge in [0, 0.05) is 37.2 Å². The third-order valence-electron chi connectivity index (χ3n) is 4.74. The summed E-state index contributed by atoms with van der Waals surface area (Å²) in [5.41, 5.74) is 4.41. The van der Waals surface area contributed by atoms with Crippen molar-refractivity contribution >= 4 is 5.91 Å². The zero-order chi connectivity index (χ0) is 22.1. The van der Waals surface area contributed by atoms with Crippen LogP contribution >= 0.6 is 0 Å². The number of carbonyl (C=O) groups is 1. The summed E-state index contributed by atoms with van der Waals surface area (Å²) in [6.07, 6.45) is 3.52. The van der Waals surface area contributed by atoms with Gasteiger partial charge < -0.3 is 19.5 Å². The second-order valence-corrected chi connectivity index (χ2v) is 7.26. The van der Waals surface area contributed by atoms with Gasteiger partial charge in [-0.15, -0.1) is 0 Å². The maximum Gasteiger partial charge on any atom is 0.251 e. The largest absolute Gasteiger partial charge is 0.491 e. The minimum Gasteiger partial charge on any atom is -0.491 e. The molecule has 0 atom stereocenters. The molecule has 3 rings (SSSR count). The van der Waals surface area contributed by atoms with Crippen LogP contribution in [-0.2, 0) is 17.9 Å². The molecule has 1 aromatic heterocycles. The van der Waals surface area contributed by atoms with Crippen LogP contribution < -0.4 is 14.8 Å². The number of benzene rings is 2. The first kappa shape index (κ1) is 22.3. The molecule has 1 amide bonds. The minimum atomic E-state index is -0.129. The van der Waals surface area contributed by atoms with Gasteiger partial charge in [0.2, 0.25) is 0 Å². The summed E-state index contributed by atoms with van der Waals surface area (Å²) in [5, 5.41) is 2.97. The quantitative estimate of drug-likeness (QED) is 0.497. The highest BCUT2D eigenvalue weighted by molar-refractivity contribution is 5.94. The Kier molecular flexibility index (Phi) is 8.01. The minimum absolute atomic E-state index is 0.129. The Balaban J connectivity index is 1.60. The molecule has 0 radical (unpaired) electrons. The monoisotopic (exact) mass is 420 g/mol. The molecule has 2 aromatic carbocycles. The number of hydrogen-bond acceptors (Lipinski definition) is 5. The van der Waals surface area contributed by atoms with Crippen LogP contribution in [0.15, 0.2) is 60.9 Å². The lowest BCUT2D eigenvalue weighted by Crippen LogP contribution is -2.23. The van der Waals surface area contributed by atoms with Gasteiger partial charge in [-0.25, -0.2) is 0 Å². The maximum atomic E-state index is 12.7. The predicted octanol–water partition coefficient (Wildman–Crippen LogP) is 4.23. The van der Waals surface area contributed by atoms with Crippen LogP contribution in [0, 0.1) is 13.8 Å². The van der Waals surface area contributed by atoms with Crippen LogP contribution in [0.1, 0.15) is 32.6 Å². The standard InChI is InChI=1S/C25H28N2O4/c1-18-12-22(13-19(2)24(18)31-17-21-7-5-9-26-15-21)25(28)27-16-20-6-4-8-23(14-20)30-11-10-29-3/h4-9,12-15H,10-11,16-17H2,1-3H3,(H,27,28). The molecular formula is C25H28N2O4. The fourth-order valence-corrected chi connectivity index (χ4v) is 3.22. The molecular weight excluding hydrogens is 392 g/mol. The molecule has 6 heteroatoms. The summed E-state index contributed by atoms with van der Waals surface area (Å²) in [6, 6.07) is 15.2. The summed E-state index contributed by atoms with van der Waals surface area (Å²) >= 11 is 0. The van der Waals surface area contributed by atoms with Crippen molar-refractivity contribution < 1.29 is 19.0 Å². The molecule has 0 unspecified atom stereocenters. The zero-order valence-corrected chi connectivity index (χ0v) is 18.2. The van der Waals surface area contributed by atoms with E-state index in [-0.39, 0.29) is 5.91 Å². The molecule has 0 aliphatic heterocycles. The maximum absolute atomic E-state index is 12.7. The lowest BCUT2D eigenvalue weighted by molar-refractivity contribution is 0.0950. The highest BCUT2D eigenvalue weighted by atomic mass is 16.5. The Hall–Kier alpha value is -3.38. The molecule has 0 fully saturated rings. The van der Waals surface area contributed by atoms with Gasteiger partial charge in [0.05, 0.1) is 6.61 Å². The highest BCUT2D eigenvalue weighted by Gasteiger charge is 2.12. The van der Waals surface area contributed by atoms with Crippen LogP contribution in [0.4, 0.5) is 0 Å². The first-order valence-corrected chi connectivity index (χ1v) is 10.2. The van der Waals surface area contributed by atoms with Crippen LogP contribution in [0.5, 0.6) is 11.5 Å². The van der Waals surface area contributed by atoms with Crippen LogP contribution in [0.2, 0.25) is 0 Å². The Morgan fingerprint density at radius 2 is 1.74 bits per heavy atom. The zero-order valence-electron chi connectivity index (χ0n) is 18.2. The fourth-order valence-electron chi connectivity index (χ4n) is 3.22. The molecule has 3 aromatic rings. The number of nitrogens with zero attached hydrogens (tertiary/aromatic N) is 1. The van der Waals surface area contributed by atoms with Crippen molar-refractivity contribution in [1.29, 1.82) is 0 Å². The van der Waals surface area contributed by atoms with E-state index >= 15 is 0 Å². The first-order valence-electron chi connectivity index (χ1n) is 10.2. The highest BCUT2D eigenvalue weighted by Crippen LogP contribution is 2.26. The van der Waals surface area contributed by atoms with Gasteiger partial charge in [0.1, 0.15) is 24.7 Å². The van der Waals surface area contributed by atoms with Crippen molar-refractivity contribution in [3.05, 3.63) is 88.7 Å². The predicted molar refractivity (Wildman–Crippen MR) is 119 cm³/mol. The molecule has 162 valence electrons. The summed E-state index contributed by atoms with van der Waals surface area (Å²) < 4.78 is 16.6. The molecule has 1 N–H and O–H groups in total. The molecule has 31 heavy (non-hydrogen) atoms. The van der Waals surface area contributed by atoms with E-state index in [2.05, 4.69) is 10.3 Å². The van der Waals surface area contributed by atoms with Crippen molar-refractivity contribution in [3.8, 4) is 11.5 Å². The lowest BCUT2D eigenvalue weighted by atomic mass is 10.0.